The van der Waals surface area contributed by atoms with E-state index in [1.807, 2.05) is 32.9 Å². The lowest BCUT2D eigenvalue weighted by Gasteiger charge is -2.43. The lowest BCUT2D eigenvalue weighted by Crippen LogP contribution is -2.53. The second-order valence-electron chi connectivity index (χ2n) is 8.94. The molecule has 1 aromatic rings. The third kappa shape index (κ3) is 6.14. The van der Waals surface area contributed by atoms with Crippen LogP contribution in [0.5, 0.6) is 0 Å². The number of nitrogens with two attached hydrogens (primary N) is 1. The van der Waals surface area contributed by atoms with Gasteiger partial charge in [-0.05, 0) is 45.7 Å². The monoisotopic (exact) mass is 402 g/mol. The van der Waals surface area contributed by atoms with E-state index in [2.05, 4.69) is 19.7 Å². The molecule has 2 saturated heterocycles. The Hall–Kier alpha value is -2.19. The molecule has 0 spiro atoms. The highest BCUT2D eigenvalue weighted by atomic mass is 16.6. The minimum absolute atomic E-state index is 0.0480. The molecule has 0 unspecified atom stereocenters. The fourth-order valence-electron chi connectivity index (χ4n) is 4.05. The Labute approximate surface area is 173 Å². The number of amidine groups is 1. The summed E-state index contributed by atoms with van der Waals surface area (Å²) in [4.78, 5) is 23.6. The van der Waals surface area contributed by atoms with Crippen molar-refractivity contribution >= 4 is 17.6 Å². The molecule has 0 saturated carbocycles. The third-order valence-corrected chi connectivity index (χ3v) is 5.54. The van der Waals surface area contributed by atoms with Gasteiger partial charge < -0.3 is 15.4 Å². The van der Waals surface area contributed by atoms with Crippen LogP contribution in [-0.4, -0.2) is 84.0 Å². The minimum atomic E-state index is -0.420. The van der Waals surface area contributed by atoms with Gasteiger partial charge in [-0.3, -0.25) is 20.0 Å². The van der Waals surface area contributed by atoms with Crippen molar-refractivity contribution < 1.29 is 9.53 Å². The van der Waals surface area contributed by atoms with E-state index in [4.69, 9.17) is 15.9 Å². The van der Waals surface area contributed by atoms with E-state index in [1.54, 1.807) is 6.20 Å². The zero-order valence-corrected chi connectivity index (χ0v) is 17.9. The maximum Gasteiger partial charge on any atom is 0.320 e. The predicted molar refractivity (Wildman–Crippen MR) is 114 cm³/mol. The Kier molecular flexibility index (Phi) is 6.74. The number of nitrogen functional groups attached to an aromatic ring is 1. The van der Waals surface area contributed by atoms with Crippen molar-refractivity contribution in [3.8, 4) is 0 Å². The number of nitrogens with zero attached hydrogens (tertiary/aromatic N) is 4. The van der Waals surface area contributed by atoms with Crippen LogP contribution in [0, 0.1) is 5.41 Å². The average molecular weight is 403 g/mol. The molecule has 29 heavy (non-hydrogen) atoms. The lowest BCUT2D eigenvalue weighted by atomic mass is 10.0. The molecule has 3 N–H and O–H groups in total. The van der Waals surface area contributed by atoms with Gasteiger partial charge in [0.2, 0.25) is 0 Å². The van der Waals surface area contributed by atoms with E-state index >= 15 is 0 Å². The molecule has 160 valence electrons. The van der Waals surface area contributed by atoms with Gasteiger partial charge in [-0.2, -0.15) is 0 Å². The fraction of sp³-hybridized carbons (Fsp3) is 0.667. The van der Waals surface area contributed by atoms with E-state index < -0.39 is 5.60 Å². The number of ether oxygens (including phenoxy) is 1. The number of hydrogen-bond acceptors (Lipinski definition) is 7. The van der Waals surface area contributed by atoms with Crippen molar-refractivity contribution in [2.75, 3.05) is 50.7 Å². The molecule has 0 aromatic carbocycles. The number of piperidine rings is 1. The van der Waals surface area contributed by atoms with Crippen LogP contribution in [0.15, 0.2) is 18.3 Å². The van der Waals surface area contributed by atoms with Gasteiger partial charge in [0.05, 0.1) is 6.54 Å². The van der Waals surface area contributed by atoms with E-state index in [0.717, 1.165) is 57.9 Å². The number of rotatable bonds is 5. The van der Waals surface area contributed by atoms with Gasteiger partial charge in [0.25, 0.3) is 0 Å². The molecule has 3 rings (SSSR count). The molecule has 2 aliphatic rings. The number of piperazine rings is 1. The Morgan fingerprint density at radius 2 is 1.83 bits per heavy atom. The Morgan fingerprint density at radius 1 is 1.17 bits per heavy atom. The average Bonchev–Trinajstić information content (AvgIpc) is 2.67. The van der Waals surface area contributed by atoms with Crippen molar-refractivity contribution in [3.63, 3.8) is 0 Å². The summed E-state index contributed by atoms with van der Waals surface area (Å²) in [6.07, 6.45) is 3.85. The topological polar surface area (TPSA) is 98.8 Å². The van der Waals surface area contributed by atoms with E-state index in [0.29, 0.717) is 18.2 Å². The maximum absolute atomic E-state index is 12.0. The summed E-state index contributed by atoms with van der Waals surface area (Å²) in [5.41, 5.74) is 5.74. The van der Waals surface area contributed by atoms with Gasteiger partial charge in [-0.15, -0.1) is 0 Å². The summed E-state index contributed by atoms with van der Waals surface area (Å²) in [6.45, 7) is 11.9. The number of hydrogen-bond donors (Lipinski definition) is 2. The van der Waals surface area contributed by atoms with Crippen LogP contribution in [0.4, 0.5) is 5.82 Å². The Bertz CT molecular complexity index is 699. The van der Waals surface area contributed by atoms with Gasteiger partial charge in [0, 0.05) is 57.1 Å². The van der Waals surface area contributed by atoms with Crippen molar-refractivity contribution in [2.24, 2.45) is 5.73 Å². The summed E-state index contributed by atoms with van der Waals surface area (Å²) in [5.74, 6) is 0.863. The molecule has 2 fully saturated rings. The SMILES string of the molecule is CC(C)(C)OC(=O)CN1CCC(N2CCN(c3ccc(C(=N)N)cn3)CC2)CC1. The highest BCUT2D eigenvalue weighted by Gasteiger charge is 2.29. The third-order valence-electron chi connectivity index (χ3n) is 5.54. The fourth-order valence-corrected chi connectivity index (χ4v) is 4.05. The first-order chi connectivity index (χ1) is 13.7. The molecule has 0 aliphatic carbocycles. The Morgan fingerprint density at radius 3 is 2.34 bits per heavy atom. The standard InChI is InChI=1S/C21H34N6O2/c1-21(2,3)29-19(28)15-25-8-6-17(7-9-25)26-10-12-27(13-11-26)18-5-4-16(14-24-18)20(22)23/h4-5,14,17H,6-13,15H2,1-3H3,(H3,22,23). The number of carbonyl (C=O) groups is 1. The molecular weight excluding hydrogens is 368 g/mol. The number of likely N-dealkylation sites (tertiary alicyclic amines) is 1. The normalized spacial score (nSPS) is 19.9. The number of aromatic nitrogens is 1. The van der Waals surface area contributed by atoms with Gasteiger partial charge >= 0.3 is 5.97 Å². The van der Waals surface area contributed by atoms with Crippen LogP contribution in [-0.2, 0) is 9.53 Å². The zero-order valence-electron chi connectivity index (χ0n) is 17.9. The van der Waals surface area contributed by atoms with E-state index in [9.17, 15) is 4.79 Å². The van der Waals surface area contributed by atoms with Crippen LogP contribution in [0.25, 0.3) is 0 Å². The minimum Gasteiger partial charge on any atom is -0.459 e. The van der Waals surface area contributed by atoms with Crippen LogP contribution in [0.1, 0.15) is 39.2 Å². The molecule has 3 heterocycles. The molecule has 0 bridgehead atoms. The molecule has 2 aliphatic heterocycles. The molecule has 0 radical (unpaired) electrons. The second-order valence-corrected chi connectivity index (χ2v) is 8.94. The van der Waals surface area contributed by atoms with Crippen molar-refractivity contribution in [2.45, 2.75) is 45.3 Å². The van der Waals surface area contributed by atoms with Crippen LogP contribution in [0.3, 0.4) is 0 Å². The van der Waals surface area contributed by atoms with Gasteiger partial charge in [-0.25, -0.2) is 4.98 Å². The van der Waals surface area contributed by atoms with Gasteiger partial charge in [0.1, 0.15) is 17.3 Å². The molecule has 8 nitrogen and oxygen atoms in total. The first-order valence-corrected chi connectivity index (χ1v) is 10.4. The van der Waals surface area contributed by atoms with Crippen molar-refractivity contribution in [3.05, 3.63) is 23.9 Å². The molecule has 0 amide bonds. The van der Waals surface area contributed by atoms with Crippen molar-refractivity contribution in [1.82, 2.24) is 14.8 Å². The largest absolute Gasteiger partial charge is 0.459 e. The summed E-state index contributed by atoms with van der Waals surface area (Å²) in [6, 6.07) is 4.39. The number of pyridine rings is 1. The highest BCUT2D eigenvalue weighted by molar-refractivity contribution is 5.94. The summed E-state index contributed by atoms with van der Waals surface area (Å²) in [5, 5.41) is 7.47. The summed E-state index contributed by atoms with van der Waals surface area (Å²) in [7, 11) is 0. The number of anilines is 1. The van der Waals surface area contributed by atoms with E-state index in [1.165, 1.54) is 0 Å². The number of esters is 1. The predicted octanol–water partition coefficient (Wildman–Crippen LogP) is 1.29. The van der Waals surface area contributed by atoms with E-state index in [-0.39, 0.29) is 11.8 Å². The lowest BCUT2D eigenvalue weighted by molar-refractivity contribution is -0.156. The van der Waals surface area contributed by atoms with Crippen molar-refractivity contribution in [1.29, 1.82) is 5.41 Å². The summed E-state index contributed by atoms with van der Waals surface area (Å²) < 4.78 is 5.44. The first kappa shape index (κ1) is 21.5. The molecule has 0 atom stereocenters. The molecule has 8 heteroatoms. The van der Waals surface area contributed by atoms with Crippen LogP contribution < -0.4 is 10.6 Å². The van der Waals surface area contributed by atoms with Gasteiger partial charge in [0.15, 0.2) is 0 Å². The van der Waals surface area contributed by atoms with Gasteiger partial charge in [-0.1, -0.05) is 0 Å². The maximum atomic E-state index is 12.0. The quantitative estimate of drug-likeness (QED) is 0.435. The molecular formula is C21H34N6O2. The second kappa shape index (κ2) is 9.09. The number of nitrogens with one attached hydrogen (secondary N) is 1. The smallest absolute Gasteiger partial charge is 0.320 e. The zero-order chi connectivity index (χ0) is 21.0. The summed E-state index contributed by atoms with van der Waals surface area (Å²) >= 11 is 0. The first-order valence-electron chi connectivity index (χ1n) is 10.4. The highest BCUT2D eigenvalue weighted by Crippen LogP contribution is 2.21. The Balaban J connectivity index is 1.42. The van der Waals surface area contributed by atoms with Crippen LogP contribution in [0.2, 0.25) is 0 Å². The molecule has 1 aromatic heterocycles. The van der Waals surface area contributed by atoms with Crippen LogP contribution >= 0.6 is 0 Å². The number of carbonyl (C=O) groups excluding carboxylic acids is 1.